The molecule has 0 spiro atoms. The van der Waals surface area contributed by atoms with Gasteiger partial charge in [-0.3, -0.25) is 4.90 Å². The molecule has 0 aliphatic rings. The molecule has 1 unspecified atom stereocenters. The van der Waals surface area contributed by atoms with Crippen LogP contribution in [0.1, 0.15) is 18.1 Å². The third-order valence-electron chi connectivity index (χ3n) is 3.21. The Hall–Kier alpha value is -0.940. The minimum atomic E-state index is 0.0910. The molecule has 1 rings (SSSR count). The number of nitrogens with zero attached hydrogens (tertiary/aromatic N) is 1. The molecule has 0 saturated heterocycles. The van der Waals surface area contributed by atoms with E-state index in [1.807, 2.05) is 12.1 Å². The summed E-state index contributed by atoms with van der Waals surface area (Å²) in [6.07, 6.45) is 0. The Morgan fingerprint density at radius 2 is 1.74 bits per heavy atom. The summed E-state index contributed by atoms with van der Waals surface area (Å²) in [5, 5.41) is 9.04. The van der Waals surface area contributed by atoms with Gasteiger partial charge >= 0.3 is 0 Å². The van der Waals surface area contributed by atoms with Gasteiger partial charge in [-0.05, 0) is 18.1 Å². The zero-order chi connectivity index (χ0) is 14.1. The average Bonchev–Trinajstić information content (AvgIpc) is 2.44. The van der Waals surface area contributed by atoms with Gasteiger partial charge in [0.25, 0.3) is 0 Å². The Morgan fingerprint density at radius 3 is 2.26 bits per heavy atom. The Labute approximate surface area is 115 Å². The molecule has 0 aromatic heterocycles. The van der Waals surface area contributed by atoms with Gasteiger partial charge in [-0.15, -0.1) is 0 Å². The number of aliphatic hydroxyl groups excluding tert-OH is 1. The first-order chi connectivity index (χ1) is 9.21. The number of methoxy groups -OCH3 is 2. The second-order valence-corrected chi connectivity index (χ2v) is 4.74. The van der Waals surface area contributed by atoms with Crippen LogP contribution >= 0.6 is 0 Å². The molecule has 1 aromatic rings. The molecule has 0 aliphatic carbocycles. The topological polar surface area (TPSA) is 41.9 Å². The van der Waals surface area contributed by atoms with Gasteiger partial charge in [-0.1, -0.05) is 24.3 Å². The summed E-state index contributed by atoms with van der Waals surface area (Å²) in [7, 11) is 3.44. The molecule has 1 N–H and O–H groups in total. The molecule has 4 heteroatoms. The van der Waals surface area contributed by atoms with Gasteiger partial charge in [-0.25, -0.2) is 0 Å². The molecule has 19 heavy (non-hydrogen) atoms. The fraction of sp³-hybridized carbons (Fsp3) is 0.600. The summed E-state index contributed by atoms with van der Waals surface area (Å²) in [6.45, 7) is 5.40. The van der Waals surface area contributed by atoms with Crippen LogP contribution in [0.3, 0.4) is 0 Å². The van der Waals surface area contributed by atoms with Gasteiger partial charge in [0, 0.05) is 33.4 Å². The molecule has 4 nitrogen and oxygen atoms in total. The average molecular weight is 267 g/mol. The number of hydrogen-bond donors (Lipinski definition) is 1. The Kier molecular flexibility index (Phi) is 7.67. The van der Waals surface area contributed by atoms with E-state index in [2.05, 4.69) is 24.0 Å². The van der Waals surface area contributed by atoms with E-state index in [4.69, 9.17) is 14.6 Å². The molecule has 1 atom stereocenters. The highest BCUT2D eigenvalue weighted by Gasteiger charge is 2.13. The monoisotopic (exact) mass is 267 g/mol. The molecule has 0 heterocycles. The molecular weight excluding hydrogens is 242 g/mol. The smallest absolute Gasteiger partial charge is 0.0681 e. The lowest BCUT2D eigenvalue weighted by molar-refractivity contribution is 0.0705. The summed E-state index contributed by atoms with van der Waals surface area (Å²) in [5.74, 6) is 0. The van der Waals surface area contributed by atoms with Crippen LogP contribution in [-0.2, 0) is 22.6 Å². The third-order valence-corrected chi connectivity index (χ3v) is 3.21. The third kappa shape index (κ3) is 5.70. The Balaban J connectivity index is 2.63. The molecular formula is C15H25NO3. The zero-order valence-corrected chi connectivity index (χ0v) is 12.1. The molecule has 0 fully saturated rings. The lowest BCUT2D eigenvalue weighted by atomic mass is 10.1. The van der Waals surface area contributed by atoms with E-state index in [0.717, 1.165) is 18.7 Å². The predicted molar refractivity (Wildman–Crippen MR) is 76.0 cm³/mol. The first-order valence-corrected chi connectivity index (χ1v) is 6.61. The minimum Gasteiger partial charge on any atom is -0.392 e. The van der Waals surface area contributed by atoms with Crippen molar-refractivity contribution in [2.75, 3.05) is 34.0 Å². The summed E-state index contributed by atoms with van der Waals surface area (Å²) in [6, 6.07) is 8.39. The van der Waals surface area contributed by atoms with Crippen LogP contribution < -0.4 is 0 Å². The molecule has 0 amide bonds. The molecule has 0 radical (unpaired) electrons. The summed E-state index contributed by atoms with van der Waals surface area (Å²) in [5.41, 5.74) is 2.17. The highest BCUT2D eigenvalue weighted by molar-refractivity contribution is 5.21. The summed E-state index contributed by atoms with van der Waals surface area (Å²) in [4.78, 5) is 2.33. The van der Waals surface area contributed by atoms with E-state index in [-0.39, 0.29) is 6.61 Å². The van der Waals surface area contributed by atoms with Crippen molar-refractivity contribution in [2.45, 2.75) is 26.1 Å². The largest absolute Gasteiger partial charge is 0.392 e. The fourth-order valence-corrected chi connectivity index (χ4v) is 2.00. The van der Waals surface area contributed by atoms with Gasteiger partial charge in [-0.2, -0.15) is 0 Å². The van der Waals surface area contributed by atoms with Crippen molar-refractivity contribution in [1.29, 1.82) is 0 Å². The van der Waals surface area contributed by atoms with E-state index in [1.165, 1.54) is 5.56 Å². The second-order valence-electron chi connectivity index (χ2n) is 4.74. The maximum Gasteiger partial charge on any atom is 0.0681 e. The van der Waals surface area contributed by atoms with E-state index < -0.39 is 0 Å². The molecule has 1 aromatic carbocycles. The lowest BCUT2D eigenvalue weighted by Gasteiger charge is -2.28. The first kappa shape index (κ1) is 16.1. The first-order valence-electron chi connectivity index (χ1n) is 6.61. The number of benzene rings is 1. The molecule has 0 bridgehead atoms. The highest BCUT2D eigenvalue weighted by Crippen LogP contribution is 2.10. The van der Waals surface area contributed by atoms with Crippen LogP contribution in [0.25, 0.3) is 0 Å². The number of aliphatic hydroxyl groups is 1. The molecule has 0 aliphatic heterocycles. The summed E-state index contributed by atoms with van der Waals surface area (Å²) < 4.78 is 10.4. The van der Waals surface area contributed by atoms with Crippen molar-refractivity contribution in [3.8, 4) is 0 Å². The van der Waals surface area contributed by atoms with Crippen LogP contribution in [-0.4, -0.2) is 50.0 Å². The SMILES string of the molecule is COCCN(Cc1ccc(CO)cc1)C(C)COC. The van der Waals surface area contributed by atoms with Crippen molar-refractivity contribution in [3.05, 3.63) is 35.4 Å². The van der Waals surface area contributed by atoms with Gasteiger partial charge < -0.3 is 14.6 Å². The van der Waals surface area contributed by atoms with E-state index in [1.54, 1.807) is 14.2 Å². The lowest BCUT2D eigenvalue weighted by Crippen LogP contribution is -2.38. The number of rotatable bonds is 9. The van der Waals surface area contributed by atoms with E-state index in [0.29, 0.717) is 19.3 Å². The molecule has 0 saturated carbocycles. The van der Waals surface area contributed by atoms with Gasteiger partial charge in [0.05, 0.1) is 19.8 Å². The Morgan fingerprint density at radius 1 is 1.11 bits per heavy atom. The van der Waals surface area contributed by atoms with Gasteiger partial charge in [0.1, 0.15) is 0 Å². The normalized spacial score (nSPS) is 12.9. The van der Waals surface area contributed by atoms with Crippen LogP contribution in [0.15, 0.2) is 24.3 Å². The van der Waals surface area contributed by atoms with Crippen molar-refractivity contribution in [3.63, 3.8) is 0 Å². The van der Waals surface area contributed by atoms with Gasteiger partial charge in [0.15, 0.2) is 0 Å². The Bertz CT molecular complexity index is 340. The van der Waals surface area contributed by atoms with E-state index >= 15 is 0 Å². The maximum atomic E-state index is 9.04. The minimum absolute atomic E-state index is 0.0910. The van der Waals surface area contributed by atoms with Crippen molar-refractivity contribution < 1.29 is 14.6 Å². The van der Waals surface area contributed by atoms with Gasteiger partial charge in [0.2, 0.25) is 0 Å². The quantitative estimate of drug-likeness (QED) is 0.739. The van der Waals surface area contributed by atoms with Crippen molar-refractivity contribution in [1.82, 2.24) is 4.90 Å². The van der Waals surface area contributed by atoms with Crippen LogP contribution in [0.4, 0.5) is 0 Å². The summed E-state index contributed by atoms with van der Waals surface area (Å²) >= 11 is 0. The maximum absolute atomic E-state index is 9.04. The van der Waals surface area contributed by atoms with E-state index in [9.17, 15) is 0 Å². The standard InChI is InChI=1S/C15H25NO3/c1-13(12-19-3)16(8-9-18-2)10-14-4-6-15(11-17)7-5-14/h4-7,13,17H,8-12H2,1-3H3. The fourth-order valence-electron chi connectivity index (χ4n) is 2.00. The van der Waals surface area contributed by atoms with Crippen LogP contribution in [0.5, 0.6) is 0 Å². The number of ether oxygens (including phenoxy) is 2. The predicted octanol–water partition coefficient (Wildman–Crippen LogP) is 1.66. The molecule has 108 valence electrons. The second kappa shape index (κ2) is 9.04. The number of hydrogen-bond acceptors (Lipinski definition) is 4. The highest BCUT2D eigenvalue weighted by atomic mass is 16.5. The van der Waals surface area contributed by atoms with Crippen LogP contribution in [0.2, 0.25) is 0 Å². The van der Waals surface area contributed by atoms with Crippen molar-refractivity contribution in [2.24, 2.45) is 0 Å². The zero-order valence-electron chi connectivity index (χ0n) is 12.1. The van der Waals surface area contributed by atoms with Crippen LogP contribution in [0, 0.1) is 0 Å². The van der Waals surface area contributed by atoms with Crippen molar-refractivity contribution >= 4 is 0 Å².